The lowest BCUT2D eigenvalue weighted by Crippen LogP contribution is -2.38. The van der Waals surface area contributed by atoms with Gasteiger partial charge < -0.3 is 5.73 Å². The molecule has 0 fully saturated rings. The molecule has 0 saturated heterocycles. The zero-order valence-corrected chi connectivity index (χ0v) is 12.3. The van der Waals surface area contributed by atoms with Crippen molar-refractivity contribution in [3.05, 3.63) is 65.7 Å². The van der Waals surface area contributed by atoms with Gasteiger partial charge in [-0.25, -0.2) is 13.1 Å². The number of carbonyl (C=O) groups excluding carboxylic acids is 1. The quantitative estimate of drug-likeness (QED) is 0.896. The van der Waals surface area contributed by atoms with Gasteiger partial charge in [0.25, 0.3) is 15.9 Å². The summed E-state index contributed by atoms with van der Waals surface area (Å²) in [6.45, 7) is 1.91. The highest BCUT2D eigenvalue weighted by Crippen LogP contribution is 2.13. The number of nitrogens with one attached hydrogen (secondary N) is 1. The molecule has 5 nitrogen and oxygen atoms in total. The van der Waals surface area contributed by atoms with Gasteiger partial charge >= 0.3 is 0 Å². The number of aryl methyl sites for hydroxylation is 1. The Balaban J connectivity index is 2.16. The van der Waals surface area contributed by atoms with Crippen LogP contribution in [0, 0.1) is 6.92 Å². The first kappa shape index (κ1) is 15.2. The van der Waals surface area contributed by atoms with Gasteiger partial charge in [-0.1, -0.05) is 48.0 Å². The predicted octanol–water partition coefficient (Wildman–Crippen LogP) is 1.50. The fourth-order valence-electron chi connectivity index (χ4n) is 1.78. The number of carbonyl (C=O) groups is 1. The van der Waals surface area contributed by atoms with Gasteiger partial charge in [0.1, 0.15) is 6.04 Å². The first-order valence-corrected chi connectivity index (χ1v) is 7.82. The maximum Gasteiger partial charge on any atom is 0.264 e. The molecule has 0 spiro atoms. The highest BCUT2D eigenvalue weighted by Gasteiger charge is 2.22. The summed E-state index contributed by atoms with van der Waals surface area (Å²) in [5.41, 5.74) is 7.38. The van der Waals surface area contributed by atoms with Crippen molar-refractivity contribution >= 4 is 15.9 Å². The summed E-state index contributed by atoms with van der Waals surface area (Å²) in [5, 5.41) is 0. The zero-order chi connectivity index (χ0) is 15.5. The Kier molecular flexibility index (Phi) is 4.40. The van der Waals surface area contributed by atoms with Crippen molar-refractivity contribution in [2.45, 2.75) is 17.9 Å². The molecule has 0 saturated carbocycles. The molecular weight excluding hydrogens is 288 g/mol. The first-order chi connectivity index (χ1) is 9.90. The number of hydrogen-bond donors (Lipinski definition) is 2. The van der Waals surface area contributed by atoms with E-state index in [4.69, 9.17) is 5.73 Å². The van der Waals surface area contributed by atoms with Gasteiger partial charge in [0.2, 0.25) is 0 Å². The second kappa shape index (κ2) is 6.07. The molecule has 2 aromatic rings. The second-order valence-electron chi connectivity index (χ2n) is 4.67. The average molecular weight is 304 g/mol. The fraction of sp³-hybridized carbons (Fsp3) is 0.133. The summed E-state index contributed by atoms with van der Waals surface area (Å²) in [7, 11) is -3.90. The molecule has 1 unspecified atom stereocenters. The third-order valence-electron chi connectivity index (χ3n) is 3.01. The third-order valence-corrected chi connectivity index (χ3v) is 4.37. The molecule has 0 aromatic heterocycles. The van der Waals surface area contributed by atoms with Crippen LogP contribution in [0.1, 0.15) is 17.2 Å². The standard InChI is InChI=1S/C15H16N2O3S/c1-11-7-9-12(10-8-11)14(16)15(18)17-21(19,20)13-5-3-2-4-6-13/h2-10,14H,16H2,1H3,(H,17,18). The molecule has 0 aliphatic rings. The molecule has 0 aliphatic heterocycles. The van der Waals surface area contributed by atoms with Gasteiger partial charge in [-0.05, 0) is 24.6 Å². The summed E-state index contributed by atoms with van der Waals surface area (Å²) in [5.74, 6) is -0.761. The van der Waals surface area contributed by atoms with Crippen molar-refractivity contribution in [2.24, 2.45) is 5.73 Å². The van der Waals surface area contributed by atoms with E-state index in [-0.39, 0.29) is 4.90 Å². The van der Waals surface area contributed by atoms with Crippen molar-refractivity contribution in [2.75, 3.05) is 0 Å². The largest absolute Gasteiger partial charge is 0.316 e. The highest BCUT2D eigenvalue weighted by atomic mass is 32.2. The predicted molar refractivity (Wildman–Crippen MR) is 79.9 cm³/mol. The van der Waals surface area contributed by atoms with Gasteiger partial charge in [0, 0.05) is 0 Å². The summed E-state index contributed by atoms with van der Waals surface area (Å²) < 4.78 is 26.1. The number of hydrogen-bond acceptors (Lipinski definition) is 4. The zero-order valence-electron chi connectivity index (χ0n) is 11.5. The summed E-state index contributed by atoms with van der Waals surface area (Å²) in [4.78, 5) is 12.0. The first-order valence-electron chi connectivity index (χ1n) is 6.34. The van der Waals surface area contributed by atoms with Gasteiger partial charge in [-0.2, -0.15) is 0 Å². The molecule has 110 valence electrons. The van der Waals surface area contributed by atoms with E-state index in [0.717, 1.165) is 5.56 Å². The fourth-order valence-corrected chi connectivity index (χ4v) is 2.80. The Morgan fingerprint density at radius 2 is 1.62 bits per heavy atom. The maximum absolute atomic E-state index is 12.0. The van der Waals surface area contributed by atoms with Crippen LogP contribution in [-0.2, 0) is 14.8 Å². The summed E-state index contributed by atoms with van der Waals surface area (Å²) in [6, 6.07) is 13.7. The molecule has 2 rings (SSSR count). The lowest BCUT2D eigenvalue weighted by Gasteiger charge is -2.13. The SMILES string of the molecule is Cc1ccc(C(N)C(=O)NS(=O)(=O)c2ccccc2)cc1. The van der Waals surface area contributed by atoms with Gasteiger partial charge in [0.15, 0.2) is 0 Å². The van der Waals surface area contributed by atoms with E-state index in [1.165, 1.54) is 12.1 Å². The number of benzene rings is 2. The van der Waals surface area contributed by atoms with E-state index in [9.17, 15) is 13.2 Å². The minimum Gasteiger partial charge on any atom is -0.316 e. The lowest BCUT2D eigenvalue weighted by atomic mass is 10.1. The van der Waals surface area contributed by atoms with E-state index < -0.39 is 22.0 Å². The minimum atomic E-state index is -3.90. The monoisotopic (exact) mass is 304 g/mol. The lowest BCUT2D eigenvalue weighted by molar-refractivity contribution is -0.120. The van der Waals surface area contributed by atoms with Crippen molar-refractivity contribution in [1.82, 2.24) is 4.72 Å². The topological polar surface area (TPSA) is 89.3 Å². The Morgan fingerprint density at radius 1 is 1.05 bits per heavy atom. The van der Waals surface area contributed by atoms with Crippen molar-refractivity contribution in [3.8, 4) is 0 Å². The van der Waals surface area contributed by atoms with Crippen LogP contribution in [0.25, 0.3) is 0 Å². The van der Waals surface area contributed by atoms with Gasteiger partial charge in [-0.3, -0.25) is 4.79 Å². The van der Waals surface area contributed by atoms with E-state index in [2.05, 4.69) is 0 Å². The van der Waals surface area contributed by atoms with Crippen LogP contribution in [0.15, 0.2) is 59.5 Å². The maximum atomic E-state index is 12.0. The Bertz CT molecular complexity index is 725. The van der Waals surface area contributed by atoms with Crippen molar-refractivity contribution < 1.29 is 13.2 Å². The molecule has 3 N–H and O–H groups in total. The molecule has 6 heteroatoms. The van der Waals surface area contributed by atoms with Crippen LogP contribution >= 0.6 is 0 Å². The van der Waals surface area contributed by atoms with Crippen molar-refractivity contribution in [3.63, 3.8) is 0 Å². The summed E-state index contributed by atoms with van der Waals surface area (Å²) in [6.07, 6.45) is 0. The molecule has 2 aromatic carbocycles. The van der Waals surface area contributed by atoms with Crippen LogP contribution in [0.2, 0.25) is 0 Å². The number of nitrogens with two attached hydrogens (primary N) is 1. The number of amides is 1. The minimum absolute atomic E-state index is 0.0226. The van der Waals surface area contributed by atoms with Crippen LogP contribution < -0.4 is 10.5 Å². The Labute approximate surface area is 123 Å². The molecule has 0 aliphatic carbocycles. The summed E-state index contributed by atoms with van der Waals surface area (Å²) >= 11 is 0. The molecule has 21 heavy (non-hydrogen) atoms. The molecule has 0 bridgehead atoms. The van der Waals surface area contributed by atoms with E-state index in [1.807, 2.05) is 23.8 Å². The normalized spacial score (nSPS) is 12.7. The van der Waals surface area contributed by atoms with Gasteiger partial charge in [0.05, 0.1) is 4.90 Å². The average Bonchev–Trinajstić information content (AvgIpc) is 2.48. The van der Waals surface area contributed by atoms with Crippen LogP contribution in [-0.4, -0.2) is 14.3 Å². The van der Waals surface area contributed by atoms with Crippen LogP contribution in [0.4, 0.5) is 0 Å². The molecular formula is C15H16N2O3S. The third kappa shape index (κ3) is 3.68. The molecule has 1 amide bonds. The number of rotatable bonds is 4. The number of sulfonamides is 1. The molecule has 0 radical (unpaired) electrons. The van der Waals surface area contributed by atoms with E-state index in [1.54, 1.807) is 30.3 Å². The van der Waals surface area contributed by atoms with Gasteiger partial charge in [-0.15, -0.1) is 0 Å². The molecule has 1 atom stereocenters. The van der Waals surface area contributed by atoms with Crippen LogP contribution in [0.5, 0.6) is 0 Å². The van der Waals surface area contributed by atoms with E-state index >= 15 is 0 Å². The van der Waals surface area contributed by atoms with E-state index in [0.29, 0.717) is 5.56 Å². The Morgan fingerprint density at radius 3 is 2.19 bits per heavy atom. The highest BCUT2D eigenvalue weighted by molar-refractivity contribution is 7.90. The van der Waals surface area contributed by atoms with Crippen molar-refractivity contribution in [1.29, 1.82) is 0 Å². The second-order valence-corrected chi connectivity index (χ2v) is 6.35. The smallest absolute Gasteiger partial charge is 0.264 e. The molecule has 0 heterocycles. The Hall–Kier alpha value is -2.18. The van der Waals surface area contributed by atoms with Crippen LogP contribution in [0.3, 0.4) is 0 Å².